The molecule has 0 unspecified atom stereocenters. The fraction of sp³-hybridized carbons (Fsp3) is 0.611. The van der Waals surface area contributed by atoms with Crippen molar-refractivity contribution < 1.29 is 19.0 Å². The lowest BCUT2D eigenvalue weighted by atomic mass is 9.89. The molecule has 5 nitrogen and oxygen atoms in total. The van der Waals surface area contributed by atoms with Crippen LogP contribution in [0.2, 0.25) is 0 Å². The van der Waals surface area contributed by atoms with Gasteiger partial charge in [-0.15, -0.1) is 0 Å². The molecule has 2 saturated heterocycles. The number of nitrogens with zero attached hydrogens (tertiary/aromatic N) is 1. The van der Waals surface area contributed by atoms with Crippen LogP contribution in [0.5, 0.6) is 0 Å². The zero-order valence-electron chi connectivity index (χ0n) is 13.8. The lowest BCUT2D eigenvalue weighted by Crippen LogP contribution is -2.48. The van der Waals surface area contributed by atoms with Gasteiger partial charge >= 0.3 is 0 Å². The summed E-state index contributed by atoms with van der Waals surface area (Å²) in [7, 11) is 0. The summed E-state index contributed by atoms with van der Waals surface area (Å²) in [6.45, 7) is 2.78. The van der Waals surface area contributed by atoms with Crippen molar-refractivity contribution >= 4 is 5.91 Å². The number of aliphatic hydroxyl groups is 1. The third kappa shape index (κ3) is 4.32. The molecular weight excluding hydrogens is 311 g/mol. The number of amides is 1. The molecule has 0 aliphatic carbocycles. The lowest BCUT2D eigenvalue weighted by molar-refractivity contribution is -0.124. The maximum absolute atomic E-state index is 12.9. The average Bonchev–Trinajstić information content (AvgIpc) is 3.02. The minimum absolute atomic E-state index is 0.0440. The quantitative estimate of drug-likeness (QED) is 0.851. The van der Waals surface area contributed by atoms with Gasteiger partial charge < -0.3 is 15.2 Å². The van der Waals surface area contributed by atoms with Gasteiger partial charge in [-0.2, -0.15) is 0 Å². The first-order valence-corrected chi connectivity index (χ1v) is 8.64. The maximum Gasteiger partial charge on any atom is 0.234 e. The molecular formula is C18H25FN2O3. The minimum Gasteiger partial charge on any atom is -0.393 e. The number of ether oxygens (including phenoxy) is 1. The van der Waals surface area contributed by atoms with E-state index in [-0.39, 0.29) is 29.8 Å². The number of hydrogen-bond donors (Lipinski definition) is 2. The molecule has 1 amide bonds. The fourth-order valence-electron chi connectivity index (χ4n) is 3.69. The molecule has 0 spiro atoms. The first-order chi connectivity index (χ1) is 11.6. The molecule has 0 saturated carbocycles. The van der Waals surface area contributed by atoms with Gasteiger partial charge in [-0.25, -0.2) is 4.39 Å². The van der Waals surface area contributed by atoms with Crippen LogP contribution in [0.15, 0.2) is 24.3 Å². The van der Waals surface area contributed by atoms with Gasteiger partial charge in [0, 0.05) is 25.1 Å². The largest absolute Gasteiger partial charge is 0.393 e. The third-order valence-electron chi connectivity index (χ3n) is 5.02. The van der Waals surface area contributed by atoms with Gasteiger partial charge in [-0.05, 0) is 43.5 Å². The number of benzene rings is 1. The van der Waals surface area contributed by atoms with E-state index in [4.69, 9.17) is 4.74 Å². The molecule has 1 aromatic carbocycles. The monoisotopic (exact) mass is 336 g/mol. The summed E-state index contributed by atoms with van der Waals surface area (Å²) in [5.41, 5.74) is 0.874. The molecule has 6 heteroatoms. The van der Waals surface area contributed by atoms with Gasteiger partial charge in [-0.3, -0.25) is 9.69 Å². The zero-order valence-corrected chi connectivity index (χ0v) is 13.8. The highest BCUT2D eigenvalue weighted by Gasteiger charge is 2.37. The molecule has 0 bridgehead atoms. The fourth-order valence-corrected chi connectivity index (χ4v) is 3.69. The zero-order chi connectivity index (χ0) is 16.9. The van der Waals surface area contributed by atoms with E-state index < -0.39 is 0 Å². The first kappa shape index (κ1) is 17.3. The minimum atomic E-state index is -0.341. The number of hydrogen-bond acceptors (Lipinski definition) is 4. The van der Waals surface area contributed by atoms with Crippen LogP contribution in [0.3, 0.4) is 0 Å². The predicted molar refractivity (Wildman–Crippen MR) is 87.8 cm³/mol. The van der Waals surface area contributed by atoms with Crippen molar-refractivity contribution in [3.05, 3.63) is 35.6 Å². The number of carbonyl (C=O) groups excluding carboxylic acids is 1. The van der Waals surface area contributed by atoms with Gasteiger partial charge in [0.15, 0.2) is 0 Å². The number of carbonyl (C=O) groups is 1. The Balaban J connectivity index is 1.50. The normalized spacial score (nSPS) is 28.0. The highest BCUT2D eigenvalue weighted by molar-refractivity contribution is 5.78. The Morgan fingerprint density at radius 2 is 2.12 bits per heavy atom. The SMILES string of the molecule is O=C(CN1CCC[C@@H]1[C@@H]1COCC[C@@H]1O)NCc1ccc(F)cc1. The van der Waals surface area contributed by atoms with Gasteiger partial charge in [0.25, 0.3) is 0 Å². The van der Waals surface area contributed by atoms with Crippen molar-refractivity contribution in [1.82, 2.24) is 10.2 Å². The van der Waals surface area contributed by atoms with Gasteiger partial charge in [-0.1, -0.05) is 12.1 Å². The summed E-state index contributed by atoms with van der Waals surface area (Å²) in [6.07, 6.45) is 2.37. The summed E-state index contributed by atoms with van der Waals surface area (Å²) in [5.74, 6) is -0.234. The van der Waals surface area contributed by atoms with E-state index in [9.17, 15) is 14.3 Å². The van der Waals surface area contributed by atoms with E-state index in [2.05, 4.69) is 10.2 Å². The number of aliphatic hydroxyl groups excluding tert-OH is 1. The van der Waals surface area contributed by atoms with Gasteiger partial charge in [0.05, 0.1) is 19.3 Å². The van der Waals surface area contributed by atoms with Crippen LogP contribution >= 0.6 is 0 Å². The first-order valence-electron chi connectivity index (χ1n) is 8.64. The highest BCUT2D eigenvalue weighted by Crippen LogP contribution is 2.29. The molecule has 3 atom stereocenters. The third-order valence-corrected chi connectivity index (χ3v) is 5.02. The summed E-state index contributed by atoms with van der Waals surface area (Å²) in [5, 5.41) is 13.1. The van der Waals surface area contributed by atoms with Crippen molar-refractivity contribution in [1.29, 1.82) is 0 Å². The molecule has 2 heterocycles. The second-order valence-electron chi connectivity index (χ2n) is 6.68. The van der Waals surface area contributed by atoms with Crippen molar-refractivity contribution in [3.63, 3.8) is 0 Å². The van der Waals surface area contributed by atoms with Crippen LogP contribution in [-0.2, 0) is 16.1 Å². The number of nitrogens with one attached hydrogen (secondary N) is 1. The van der Waals surface area contributed by atoms with Gasteiger partial charge in [0.2, 0.25) is 5.91 Å². The molecule has 1 aromatic rings. The summed E-state index contributed by atoms with van der Waals surface area (Å²) in [6, 6.07) is 6.33. The van der Waals surface area contributed by atoms with Crippen molar-refractivity contribution in [2.45, 2.75) is 38.0 Å². The molecule has 24 heavy (non-hydrogen) atoms. The molecule has 0 aromatic heterocycles. The van der Waals surface area contributed by atoms with Crippen molar-refractivity contribution in [3.8, 4) is 0 Å². The predicted octanol–water partition coefficient (Wildman–Crippen LogP) is 1.30. The summed E-state index contributed by atoms with van der Waals surface area (Å²) < 4.78 is 18.4. The average molecular weight is 336 g/mol. The Morgan fingerprint density at radius 1 is 1.33 bits per heavy atom. The second-order valence-corrected chi connectivity index (χ2v) is 6.68. The van der Waals surface area contributed by atoms with Crippen LogP contribution in [-0.4, -0.2) is 54.4 Å². The van der Waals surface area contributed by atoms with E-state index in [1.54, 1.807) is 12.1 Å². The molecule has 2 aliphatic heterocycles. The van der Waals surface area contributed by atoms with Crippen LogP contribution in [0.4, 0.5) is 4.39 Å². The standard InChI is InChI=1S/C18H25FN2O3/c19-14-5-3-13(4-6-14)10-20-18(23)11-21-8-1-2-16(21)15-12-24-9-7-17(15)22/h3-6,15-17,22H,1-2,7-12H2,(H,20,23)/t15-,16+,17-/m0/s1. The number of rotatable bonds is 5. The number of likely N-dealkylation sites (tertiary alicyclic amines) is 1. The van der Waals surface area contributed by atoms with E-state index in [0.29, 0.717) is 32.7 Å². The Kier molecular flexibility index (Phi) is 5.81. The molecule has 3 rings (SSSR count). The van der Waals surface area contributed by atoms with E-state index in [1.165, 1.54) is 12.1 Å². The summed E-state index contributed by atoms with van der Waals surface area (Å²) in [4.78, 5) is 14.4. The topological polar surface area (TPSA) is 61.8 Å². The second kappa shape index (κ2) is 8.05. The van der Waals surface area contributed by atoms with Crippen LogP contribution in [0, 0.1) is 11.7 Å². The van der Waals surface area contributed by atoms with Crippen molar-refractivity contribution in [2.24, 2.45) is 5.92 Å². The maximum atomic E-state index is 12.9. The van der Waals surface area contributed by atoms with Crippen LogP contribution in [0.1, 0.15) is 24.8 Å². The Labute approximate surface area is 141 Å². The van der Waals surface area contributed by atoms with Crippen LogP contribution in [0.25, 0.3) is 0 Å². The molecule has 2 aliphatic rings. The smallest absolute Gasteiger partial charge is 0.234 e. The lowest BCUT2D eigenvalue weighted by Gasteiger charge is -2.36. The highest BCUT2D eigenvalue weighted by atomic mass is 19.1. The summed E-state index contributed by atoms with van der Waals surface area (Å²) >= 11 is 0. The Bertz CT molecular complexity index is 552. The van der Waals surface area contributed by atoms with Gasteiger partial charge in [0.1, 0.15) is 5.82 Å². The molecule has 2 fully saturated rings. The molecule has 2 N–H and O–H groups in total. The Morgan fingerprint density at radius 3 is 2.88 bits per heavy atom. The molecule has 132 valence electrons. The number of halogens is 1. The van der Waals surface area contributed by atoms with E-state index >= 15 is 0 Å². The van der Waals surface area contributed by atoms with Crippen LogP contribution < -0.4 is 5.32 Å². The molecule has 0 radical (unpaired) electrons. The van der Waals surface area contributed by atoms with Crippen molar-refractivity contribution in [2.75, 3.05) is 26.3 Å². The van der Waals surface area contributed by atoms with E-state index in [1.807, 2.05) is 0 Å². The van der Waals surface area contributed by atoms with E-state index in [0.717, 1.165) is 24.9 Å². The Hall–Kier alpha value is -1.50.